The van der Waals surface area contributed by atoms with E-state index in [-0.39, 0.29) is 0 Å². The van der Waals surface area contributed by atoms with Gasteiger partial charge in [0.2, 0.25) is 0 Å². The number of aryl methyl sites for hydroxylation is 1. The molecule has 5 heteroatoms. The fourth-order valence-corrected chi connectivity index (χ4v) is 4.22. The summed E-state index contributed by atoms with van der Waals surface area (Å²) in [7, 11) is -3.48. The van der Waals surface area contributed by atoms with Gasteiger partial charge in [0.15, 0.2) is 0 Å². The third-order valence-corrected chi connectivity index (χ3v) is 5.75. The maximum absolute atomic E-state index is 12.7. The van der Waals surface area contributed by atoms with Gasteiger partial charge >= 0.3 is 0 Å². The van der Waals surface area contributed by atoms with Crippen molar-refractivity contribution in [3.05, 3.63) is 58.5 Å². The summed E-state index contributed by atoms with van der Waals surface area (Å²) in [6.45, 7) is 2.49. The van der Waals surface area contributed by atoms with Crippen LogP contribution in [0, 0.1) is 6.92 Å². The minimum Gasteiger partial charge on any atom is -0.200 e. The Morgan fingerprint density at radius 2 is 2.09 bits per heavy atom. The minimum atomic E-state index is -3.48. The van der Waals surface area contributed by atoms with Gasteiger partial charge in [0, 0.05) is 0 Å². The third-order valence-electron chi connectivity index (χ3n) is 3.93. The van der Waals surface area contributed by atoms with Gasteiger partial charge in [-0.1, -0.05) is 42.0 Å². The highest BCUT2D eigenvalue weighted by Crippen LogP contribution is 2.25. The number of allylic oxidation sites excluding steroid dienone is 4. The molecule has 0 bridgehead atoms. The van der Waals surface area contributed by atoms with Crippen LogP contribution in [0.5, 0.6) is 0 Å². The van der Waals surface area contributed by atoms with Gasteiger partial charge in [0.1, 0.15) is 0 Å². The molecule has 22 heavy (non-hydrogen) atoms. The van der Waals surface area contributed by atoms with Crippen LogP contribution in [0.1, 0.15) is 36.8 Å². The van der Waals surface area contributed by atoms with E-state index in [1.807, 2.05) is 37.3 Å². The van der Waals surface area contributed by atoms with E-state index in [2.05, 4.69) is 11.2 Å². The average molecular weight is 316 g/mol. The summed E-state index contributed by atoms with van der Waals surface area (Å²) in [5, 5.41) is 4.44. The summed E-state index contributed by atoms with van der Waals surface area (Å²) < 4.78 is 26.7. The third kappa shape index (κ3) is 2.99. The Balaban J connectivity index is 1.93. The number of nitrogens with zero attached hydrogens (tertiary/aromatic N) is 2. The molecular formula is C17H20N2O2S. The lowest BCUT2D eigenvalue weighted by atomic mass is 10.0. The Bertz CT molecular complexity index is 761. The van der Waals surface area contributed by atoms with E-state index in [1.165, 1.54) is 4.41 Å². The normalized spacial score (nSPS) is 18.9. The average Bonchev–Trinajstić information content (AvgIpc) is 2.56. The number of hydrazone groups is 1. The van der Waals surface area contributed by atoms with Gasteiger partial charge in [0.05, 0.1) is 17.2 Å². The van der Waals surface area contributed by atoms with Gasteiger partial charge in [-0.15, -0.1) is 0 Å². The van der Waals surface area contributed by atoms with Gasteiger partial charge in [-0.05, 0) is 44.2 Å². The quantitative estimate of drug-likeness (QED) is 0.858. The molecule has 0 fully saturated rings. The van der Waals surface area contributed by atoms with E-state index in [0.29, 0.717) is 17.9 Å². The maximum Gasteiger partial charge on any atom is 0.275 e. The van der Waals surface area contributed by atoms with Gasteiger partial charge in [-0.2, -0.15) is 17.9 Å². The molecule has 1 aliphatic carbocycles. The van der Waals surface area contributed by atoms with E-state index in [0.717, 1.165) is 36.1 Å². The Labute approximate surface area is 131 Å². The molecule has 3 rings (SSSR count). The molecule has 0 amide bonds. The standard InChI is InChI=1S/C17H20N2O2S/c1-14-7-5-8-15(13-14)17-11-6-12-19(18-17)22(20,21)16-9-3-2-4-10-16/h2-3,5,7-9,13H,4,6,10-12H2,1H3. The second-order valence-corrected chi connectivity index (χ2v) is 7.57. The monoisotopic (exact) mass is 316 g/mol. The molecule has 0 saturated carbocycles. The molecule has 1 aromatic carbocycles. The van der Waals surface area contributed by atoms with Crippen LogP contribution in [0.4, 0.5) is 0 Å². The van der Waals surface area contributed by atoms with E-state index >= 15 is 0 Å². The van der Waals surface area contributed by atoms with Crippen molar-refractivity contribution in [1.82, 2.24) is 4.41 Å². The molecule has 0 spiro atoms. The molecule has 0 atom stereocenters. The van der Waals surface area contributed by atoms with E-state index in [1.54, 1.807) is 6.08 Å². The molecule has 0 aromatic heterocycles. The Morgan fingerprint density at radius 3 is 2.82 bits per heavy atom. The van der Waals surface area contributed by atoms with Crippen LogP contribution >= 0.6 is 0 Å². The summed E-state index contributed by atoms with van der Waals surface area (Å²) in [5.41, 5.74) is 3.02. The number of hydrogen-bond donors (Lipinski definition) is 0. The Kier molecular flexibility index (Phi) is 4.16. The second-order valence-electron chi connectivity index (χ2n) is 5.67. The van der Waals surface area contributed by atoms with Crippen LogP contribution in [0.3, 0.4) is 0 Å². The van der Waals surface area contributed by atoms with Crippen molar-refractivity contribution < 1.29 is 8.42 Å². The van der Waals surface area contributed by atoms with E-state index < -0.39 is 10.0 Å². The molecule has 0 saturated heterocycles. The summed E-state index contributed by atoms with van der Waals surface area (Å²) in [6.07, 6.45) is 8.43. The van der Waals surface area contributed by atoms with Gasteiger partial charge < -0.3 is 0 Å². The fraction of sp³-hybridized carbons (Fsp3) is 0.353. The zero-order chi connectivity index (χ0) is 15.6. The zero-order valence-corrected chi connectivity index (χ0v) is 13.5. The fourth-order valence-electron chi connectivity index (χ4n) is 2.75. The molecule has 0 radical (unpaired) electrons. The van der Waals surface area contributed by atoms with Crippen molar-refractivity contribution in [3.63, 3.8) is 0 Å². The molecule has 116 valence electrons. The highest BCUT2D eigenvalue weighted by atomic mass is 32.2. The lowest BCUT2D eigenvalue weighted by Gasteiger charge is -2.26. The van der Waals surface area contributed by atoms with Crippen molar-refractivity contribution in [2.24, 2.45) is 5.10 Å². The lowest BCUT2D eigenvalue weighted by Crippen LogP contribution is -2.33. The Hall–Kier alpha value is -1.88. The van der Waals surface area contributed by atoms with Crippen molar-refractivity contribution in [2.45, 2.75) is 32.6 Å². The van der Waals surface area contributed by atoms with Gasteiger partial charge in [0.25, 0.3) is 10.0 Å². The van der Waals surface area contributed by atoms with Crippen molar-refractivity contribution in [2.75, 3.05) is 6.54 Å². The van der Waals surface area contributed by atoms with Crippen LogP contribution in [0.25, 0.3) is 0 Å². The highest BCUT2D eigenvalue weighted by molar-refractivity contribution is 7.93. The van der Waals surface area contributed by atoms with Crippen molar-refractivity contribution in [3.8, 4) is 0 Å². The number of benzene rings is 1. The topological polar surface area (TPSA) is 49.7 Å². The molecule has 0 N–H and O–H groups in total. The summed E-state index contributed by atoms with van der Waals surface area (Å²) >= 11 is 0. The minimum absolute atomic E-state index is 0.457. The molecule has 0 unspecified atom stereocenters. The van der Waals surface area contributed by atoms with Crippen LogP contribution in [0.15, 0.2) is 52.5 Å². The van der Waals surface area contributed by atoms with Crippen LogP contribution in [-0.4, -0.2) is 25.1 Å². The van der Waals surface area contributed by atoms with Gasteiger partial charge in [-0.25, -0.2) is 0 Å². The largest absolute Gasteiger partial charge is 0.275 e. The molecule has 1 aliphatic heterocycles. The number of hydrogen-bond acceptors (Lipinski definition) is 3. The summed E-state index contributed by atoms with van der Waals surface area (Å²) in [5.74, 6) is 0. The van der Waals surface area contributed by atoms with E-state index in [9.17, 15) is 8.42 Å². The van der Waals surface area contributed by atoms with Crippen LogP contribution in [-0.2, 0) is 10.0 Å². The van der Waals surface area contributed by atoms with Crippen molar-refractivity contribution >= 4 is 15.7 Å². The van der Waals surface area contributed by atoms with E-state index in [4.69, 9.17) is 0 Å². The Morgan fingerprint density at radius 1 is 1.23 bits per heavy atom. The van der Waals surface area contributed by atoms with Crippen molar-refractivity contribution in [1.29, 1.82) is 0 Å². The SMILES string of the molecule is Cc1cccc(C2=NN(S(=O)(=O)C3=CC=CCC3)CCC2)c1. The molecular weight excluding hydrogens is 296 g/mol. The van der Waals surface area contributed by atoms with Crippen LogP contribution in [0.2, 0.25) is 0 Å². The molecule has 1 aromatic rings. The highest BCUT2D eigenvalue weighted by Gasteiger charge is 2.28. The van der Waals surface area contributed by atoms with Gasteiger partial charge in [-0.3, -0.25) is 0 Å². The molecule has 1 heterocycles. The lowest BCUT2D eigenvalue weighted by molar-refractivity contribution is 0.414. The maximum atomic E-state index is 12.7. The van der Waals surface area contributed by atoms with Crippen LogP contribution < -0.4 is 0 Å². The first kappa shape index (κ1) is 15.0. The predicted octanol–water partition coefficient (Wildman–Crippen LogP) is 3.36. The summed E-state index contributed by atoms with van der Waals surface area (Å²) in [4.78, 5) is 0.462. The zero-order valence-electron chi connectivity index (χ0n) is 12.7. The smallest absolute Gasteiger partial charge is 0.200 e. The predicted molar refractivity (Wildman–Crippen MR) is 89.0 cm³/mol. The second kappa shape index (κ2) is 6.08. The number of rotatable bonds is 3. The molecule has 2 aliphatic rings. The first-order chi connectivity index (χ1) is 10.6. The summed E-state index contributed by atoms with van der Waals surface area (Å²) in [6, 6.07) is 8.05. The first-order valence-electron chi connectivity index (χ1n) is 7.60. The number of sulfonamides is 1. The molecule has 4 nitrogen and oxygen atoms in total. The first-order valence-corrected chi connectivity index (χ1v) is 9.04.